The van der Waals surface area contributed by atoms with Gasteiger partial charge in [0.2, 0.25) is 0 Å². The Bertz CT molecular complexity index is 166. The molecule has 0 aromatic carbocycles. The van der Waals surface area contributed by atoms with E-state index < -0.39 is 0 Å². The van der Waals surface area contributed by atoms with Gasteiger partial charge in [-0.25, -0.2) is 0 Å². The predicted molar refractivity (Wildman–Crippen MR) is 49.8 cm³/mol. The third-order valence-electron chi connectivity index (χ3n) is 3.89. The summed E-state index contributed by atoms with van der Waals surface area (Å²) in [6.07, 6.45) is 5.46. The number of rotatable bonds is 1. The number of aliphatic hydroxyl groups excluding tert-OH is 1. The minimum Gasteiger partial charge on any atom is -0.396 e. The summed E-state index contributed by atoms with van der Waals surface area (Å²) in [6, 6.07) is 0. The lowest BCUT2D eigenvalue weighted by Gasteiger charge is -2.32. The van der Waals surface area contributed by atoms with Gasteiger partial charge in [-0.05, 0) is 48.9 Å². The highest BCUT2D eigenvalue weighted by Crippen LogP contribution is 2.63. The van der Waals surface area contributed by atoms with E-state index in [1.54, 1.807) is 0 Å². The second-order valence-corrected chi connectivity index (χ2v) is 5.30. The Morgan fingerprint density at radius 2 is 1.75 bits per heavy atom. The van der Waals surface area contributed by atoms with Gasteiger partial charge in [0.05, 0.1) is 0 Å². The van der Waals surface area contributed by atoms with Crippen LogP contribution in [0.25, 0.3) is 0 Å². The fraction of sp³-hybridized carbons (Fsp3) is 1.00. The van der Waals surface area contributed by atoms with Crippen LogP contribution in [-0.2, 0) is 0 Å². The van der Waals surface area contributed by atoms with Crippen molar-refractivity contribution in [1.82, 2.24) is 0 Å². The summed E-state index contributed by atoms with van der Waals surface area (Å²) < 4.78 is 0. The molecule has 1 spiro atoms. The van der Waals surface area contributed by atoms with Crippen LogP contribution in [0.3, 0.4) is 0 Å². The molecule has 2 saturated carbocycles. The first kappa shape index (κ1) is 8.55. The summed E-state index contributed by atoms with van der Waals surface area (Å²) in [4.78, 5) is 0. The SMILES string of the molecule is CC1CC(C)CC2(C1)CC2CO. The molecule has 1 N–H and O–H groups in total. The van der Waals surface area contributed by atoms with Crippen LogP contribution in [0.5, 0.6) is 0 Å². The van der Waals surface area contributed by atoms with E-state index in [-0.39, 0.29) is 0 Å². The van der Waals surface area contributed by atoms with Crippen molar-refractivity contribution in [1.29, 1.82) is 0 Å². The molecule has 0 aromatic heterocycles. The zero-order valence-corrected chi connectivity index (χ0v) is 8.21. The maximum atomic E-state index is 9.10. The van der Waals surface area contributed by atoms with Crippen molar-refractivity contribution in [3.05, 3.63) is 0 Å². The lowest BCUT2D eigenvalue weighted by molar-refractivity contribution is 0.160. The first-order valence-corrected chi connectivity index (χ1v) is 5.27. The van der Waals surface area contributed by atoms with Crippen LogP contribution in [0.2, 0.25) is 0 Å². The van der Waals surface area contributed by atoms with E-state index in [4.69, 9.17) is 5.11 Å². The van der Waals surface area contributed by atoms with E-state index in [9.17, 15) is 0 Å². The molecule has 0 radical (unpaired) electrons. The Kier molecular flexibility index (Phi) is 1.95. The molecule has 0 heterocycles. The molecule has 2 aliphatic rings. The molecular weight excluding hydrogens is 148 g/mol. The lowest BCUT2D eigenvalue weighted by atomic mass is 9.73. The lowest BCUT2D eigenvalue weighted by Crippen LogP contribution is -2.22. The van der Waals surface area contributed by atoms with Gasteiger partial charge in [0, 0.05) is 6.61 Å². The molecule has 3 unspecified atom stereocenters. The monoisotopic (exact) mass is 168 g/mol. The van der Waals surface area contributed by atoms with Gasteiger partial charge in [-0.15, -0.1) is 0 Å². The predicted octanol–water partition coefficient (Wildman–Crippen LogP) is 2.44. The molecule has 0 amide bonds. The van der Waals surface area contributed by atoms with Gasteiger partial charge < -0.3 is 5.11 Å². The number of hydrogen-bond donors (Lipinski definition) is 1. The molecule has 0 bridgehead atoms. The summed E-state index contributed by atoms with van der Waals surface area (Å²) in [5.74, 6) is 2.44. The smallest absolute Gasteiger partial charge is 0.0464 e. The fourth-order valence-electron chi connectivity index (χ4n) is 3.51. The first-order chi connectivity index (χ1) is 5.66. The number of aliphatic hydroxyl groups is 1. The average molecular weight is 168 g/mol. The highest BCUT2D eigenvalue weighted by molar-refractivity contribution is 5.05. The van der Waals surface area contributed by atoms with E-state index in [0.29, 0.717) is 17.9 Å². The maximum Gasteiger partial charge on any atom is 0.0464 e. The van der Waals surface area contributed by atoms with Gasteiger partial charge in [0.1, 0.15) is 0 Å². The van der Waals surface area contributed by atoms with E-state index in [1.807, 2.05) is 0 Å². The molecule has 2 aliphatic carbocycles. The third-order valence-corrected chi connectivity index (χ3v) is 3.89. The molecule has 2 fully saturated rings. The molecule has 1 heteroatoms. The van der Waals surface area contributed by atoms with Crippen molar-refractivity contribution >= 4 is 0 Å². The van der Waals surface area contributed by atoms with Gasteiger partial charge >= 0.3 is 0 Å². The molecule has 2 rings (SSSR count). The minimum absolute atomic E-state index is 0.430. The molecule has 12 heavy (non-hydrogen) atoms. The normalized spacial score (nSPS) is 52.8. The van der Waals surface area contributed by atoms with Crippen LogP contribution in [0.15, 0.2) is 0 Å². The largest absolute Gasteiger partial charge is 0.396 e. The quantitative estimate of drug-likeness (QED) is 0.637. The highest BCUT2D eigenvalue weighted by atomic mass is 16.3. The summed E-state index contributed by atoms with van der Waals surface area (Å²) >= 11 is 0. The fourth-order valence-corrected chi connectivity index (χ4v) is 3.51. The van der Waals surface area contributed by atoms with E-state index in [2.05, 4.69) is 13.8 Å². The van der Waals surface area contributed by atoms with Gasteiger partial charge in [-0.1, -0.05) is 13.8 Å². The summed E-state index contributed by atoms with van der Waals surface area (Å²) in [5.41, 5.74) is 0.589. The maximum absolute atomic E-state index is 9.10. The van der Waals surface area contributed by atoms with Gasteiger partial charge in [-0.2, -0.15) is 0 Å². The topological polar surface area (TPSA) is 20.2 Å². The first-order valence-electron chi connectivity index (χ1n) is 5.27. The second kappa shape index (κ2) is 2.73. The Morgan fingerprint density at radius 3 is 2.17 bits per heavy atom. The van der Waals surface area contributed by atoms with Crippen LogP contribution in [0.4, 0.5) is 0 Å². The van der Waals surface area contributed by atoms with E-state index >= 15 is 0 Å². The van der Waals surface area contributed by atoms with Gasteiger partial charge in [0.15, 0.2) is 0 Å². The summed E-state index contributed by atoms with van der Waals surface area (Å²) in [5, 5.41) is 9.10. The van der Waals surface area contributed by atoms with E-state index in [0.717, 1.165) is 11.8 Å². The van der Waals surface area contributed by atoms with Crippen LogP contribution in [0, 0.1) is 23.2 Å². The molecule has 0 aromatic rings. The number of hydrogen-bond acceptors (Lipinski definition) is 1. The second-order valence-electron chi connectivity index (χ2n) is 5.30. The Balaban J connectivity index is 1.99. The Labute approximate surface area is 75.2 Å². The molecule has 1 nitrogen and oxygen atoms in total. The van der Waals surface area contributed by atoms with Crippen LogP contribution < -0.4 is 0 Å². The van der Waals surface area contributed by atoms with Gasteiger partial charge in [0.25, 0.3) is 0 Å². The van der Waals surface area contributed by atoms with Crippen molar-refractivity contribution < 1.29 is 5.11 Å². The highest BCUT2D eigenvalue weighted by Gasteiger charge is 2.55. The Hall–Kier alpha value is -0.0400. The van der Waals surface area contributed by atoms with Crippen molar-refractivity contribution in [3.63, 3.8) is 0 Å². The minimum atomic E-state index is 0.430. The van der Waals surface area contributed by atoms with Crippen LogP contribution in [-0.4, -0.2) is 11.7 Å². The van der Waals surface area contributed by atoms with Crippen molar-refractivity contribution in [2.24, 2.45) is 23.2 Å². The zero-order valence-electron chi connectivity index (χ0n) is 8.21. The van der Waals surface area contributed by atoms with Crippen LogP contribution >= 0.6 is 0 Å². The molecule has 70 valence electrons. The molecule has 0 saturated heterocycles. The molecular formula is C11H20O. The van der Waals surface area contributed by atoms with Gasteiger partial charge in [-0.3, -0.25) is 0 Å². The zero-order chi connectivity index (χ0) is 8.77. The third kappa shape index (κ3) is 1.28. The summed E-state index contributed by atoms with van der Waals surface area (Å²) in [6.45, 7) is 5.16. The summed E-state index contributed by atoms with van der Waals surface area (Å²) in [7, 11) is 0. The molecule has 3 atom stereocenters. The average Bonchev–Trinajstić information content (AvgIpc) is 2.59. The van der Waals surface area contributed by atoms with Crippen molar-refractivity contribution in [2.75, 3.05) is 6.61 Å². The van der Waals surface area contributed by atoms with E-state index in [1.165, 1.54) is 25.7 Å². The Morgan fingerprint density at radius 1 is 1.17 bits per heavy atom. The molecule has 0 aliphatic heterocycles. The van der Waals surface area contributed by atoms with Crippen molar-refractivity contribution in [2.45, 2.75) is 39.5 Å². The standard InChI is InChI=1S/C11H20O/c1-8-3-9(2)5-11(4-8)6-10(11)7-12/h8-10,12H,3-7H2,1-2H3. The van der Waals surface area contributed by atoms with Crippen molar-refractivity contribution in [3.8, 4) is 0 Å². The van der Waals surface area contributed by atoms with Crippen LogP contribution in [0.1, 0.15) is 39.5 Å².